The molecule has 4 aromatic carbocycles. The number of aryl methyl sites for hydroxylation is 10. The topological polar surface area (TPSA) is 26.3 Å². The summed E-state index contributed by atoms with van der Waals surface area (Å²) in [6, 6.07) is 27.7. The van der Waals surface area contributed by atoms with Crippen LogP contribution in [-0.2, 0) is 27.9 Å². The Labute approximate surface area is 354 Å². The van der Waals surface area contributed by atoms with Crippen LogP contribution in [0.1, 0.15) is 111 Å². The summed E-state index contributed by atoms with van der Waals surface area (Å²) in [4.78, 5) is 0. The summed E-state index contributed by atoms with van der Waals surface area (Å²) in [6.07, 6.45) is 6.65. The second-order valence-electron chi connectivity index (χ2n) is 17.6. The van der Waals surface area contributed by atoms with E-state index in [-0.39, 0.29) is 7.25 Å². The minimum atomic E-state index is -5.44. The van der Waals surface area contributed by atoms with Gasteiger partial charge in [-0.05, 0) is 0 Å². The average molecular weight is 903 g/mol. The summed E-state index contributed by atoms with van der Waals surface area (Å²) in [5.41, 5.74) is 20.7. The molecule has 0 saturated carbocycles. The number of hydrogen-bond acceptors (Lipinski definition) is 2. The fraction of sp³-hybridized carbons (Fsp3) is 0.308. The van der Waals surface area contributed by atoms with E-state index in [1.807, 2.05) is 0 Å². The van der Waals surface area contributed by atoms with E-state index in [1.165, 1.54) is 77.9 Å². The van der Waals surface area contributed by atoms with Crippen LogP contribution < -0.4 is 0 Å². The molecule has 2 aromatic heterocycles. The molecule has 2 aliphatic rings. The number of fused-ring (bicyclic) bond motifs is 2. The summed E-state index contributed by atoms with van der Waals surface area (Å²) in [6.45, 7) is 26.5. The van der Waals surface area contributed by atoms with Gasteiger partial charge in [0.15, 0.2) is 0 Å². The summed E-state index contributed by atoms with van der Waals surface area (Å²) in [5, 5.41) is 0. The van der Waals surface area contributed by atoms with E-state index in [4.69, 9.17) is 25.9 Å². The van der Waals surface area contributed by atoms with Gasteiger partial charge in [-0.1, -0.05) is 0 Å². The Balaban J connectivity index is 1.50. The molecule has 8 rings (SSSR count). The molecular formula is C52H56Cl2O2SiZr. The molecule has 0 aliphatic heterocycles. The number of rotatable bonds is 8. The Morgan fingerprint density at radius 1 is 0.534 bits per heavy atom. The van der Waals surface area contributed by atoms with Gasteiger partial charge in [-0.3, -0.25) is 0 Å². The molecule has 0 amide bonds. The Morgan fingerprint density at radius 2 is 0.897 bits per heavy atom. The van der Waals surface area contributed by atoms with Gasteiger partial charge >= 0.3 is 357 Å². The van der Waals surface area contributed by atoms with Crippen LogP contribution in [0.15, 0.2) is 81.6 Å². The van der Waals surface area contributed by atoms with Gasteiger partial charge in [0.2, 0.25) is 0 Å². The molecule has 2 unspecified atom stereocenters. The van der Waals surface area contributed by atoms with Crippen molar-refractivity contribution in [3.05, 3.63) is 163 Å². The third kappa shape index (κ3) is 6.52. The van der Waals surface area contributed by atoms with Crippen molar-refractivity contribution in [2.45, 2.75) is 102 Å². The molecule has 0 fully saturated rings. The maximum absolute atomic E-state index is 9.08. The first-order valence-corrected chi connectivity index (χ1v) is 36.2. The number of furan rings is 2. The van der Waals surface area contributed by atoms with E-state index in [9.17, 15) is 0 Å². The summed E-state index contributed by atoms with van der Waals surface area (Å²) < 4.78 is 13.0. The van der Waals surface area contributed by atoms with E-state index in [0.717, 1.165) is 58.2 Å². The van der Waals surface area contributed by atoms with Crippen LogP contribution in [0.2, 0.25) is 13.1 Å². The van der Waals surface area contributed by atoms with Gasteiger partial charge in [-0.25, -0.2) is 0 Å². The van der Waals surface area contributed by atoms with E-state index in [0.29, 0.717) is 0 Å². The maximum atomic E-state index is 9.08. The predicted octanol–water partition coefficient (Wildman–Crippen LogP) is 15.9. The number of halogens is 2. The van der Waals surface area contributed by atoms with Crippen LogP contribution in [0, 0.1) is 55.4 Å². The Bertz CT molecular complexity index is 2570. The van der Waals surface area contributed by atoms with Crippen LogP contribution in [0.5, 0.6) is 0 Å². The molecule has 58 heavy (non-hydrogen) atoms. The zero-order valence-electron chi connectivity index (χ0n) is 36.2. The molecule has 2 nitrogen and oxygen atoms in total. The van der Waals surface area contributed by atoms with Gasteiger partial charge in [-0.2, -0.15) is 0 Å². The van der Waals surface area contributed by atoms with Crippen molar-refractivity contribution in [2.75, 3.05) is 0 Å². The molecule has 0 spiro atoms. The van der Waals surface area contributed by atoms with Crippen molar-refractivity contribution in [1.29, 1.82) is 0 Å². The third-order valence-electron chi connectivity index (χ3n) is 13.3. The molecule has 2 aliphatic carbocycles. The van der Waals surface area contributed by atoms with Crippen LogP contribution in [0.4, 0.5) is 0 Å². The van der Waals surface area contributed by atoms with Crippen LogP contribution in [-0.4, -0.2) is 5.43 Å². The van der Waals surface area contributed by atoms with Crippen LogP contribution in [0.25, 0.3) is 45.6 Å². The summed E-state index contributed by atoms with van der Waals surface area (Å²) in [5.74, 6) is 3.59. The Kier molecular flexibility index (Phi) is 10.7. The summed E-state index contributed by atoms with van der Waals surface area (Å²) in [7, 11) is 18.2. The van der Waals surface area contributed by atoms with E-state index in [2.05, 4.69) is 167 Å². The Morgan fingerprint density at radius 3 is 1.19 bits per heavy atom. The van der Waals surface area contributed by atoms with Gasteiger partial charge < -0.3 is 0 Å². The van der Waals surface area contributed by atoms with Crippen LogP contribution in [0.3, 0.4) is 0 Å². The first-order valence-electron chi connectivity index (χ1n) is 20.9. The van der Waals surface area contributed by atoms with Crippen molar-refractivity contribution in [1.82, 2.24) is 0 Å². The van der Waals surface area contributed by atoms with E-state index in [1.54, 1.807) is 0 Å². The molecule has 6 heteroatoms. The third-order valence-corrected chi connectivity index (χ3v) is 59.5. The molecule has 0 radical (unpaired) electrons. The predicted molar refractivity (Wildman–Crippen MR) is 248 cm³/mol. The van der Waals surface area contributed by atoms with Crippen molar-refractivity contribution in [2.24, 2.45) is 0 Å². The van der Waals surface area contributed by atoms with Crippen LogP contribution >= 0.6 is 17.0 Å². The number of hydrogen-bond donors (Lipinski definition) is 0. The molecule has 0 saturated heterocycles. The first-order chi connectivity index (χ1) is 27.4. The fourth-order valence-electron chi connectivity index (χ4n) is 10.2. The molecule has 2 heterocycles. The second-order valence-corrected chi connectivity index (χ2v) is 56.4. The standard InChI is InChI=1S/2C25H25O.C2H6Si.2ClH.Zr/c2*1-6-19-7-8-20-13-21(24-12-17(4)18(5)26-24)14-23(20)25(19)22-10-15(2)9-16(3)11-22;1-3-2;;;/h2*7-14H,6H2,1-5H3;1-2H3;2*1H;/q;;;;;+2/p-2. The van der Waals surface area contributed by atoms with Gasteiger partial charge in [-0.15, -0.1) is 0 Å². The zero-order valence-corrected chi connectivity index (χ0v) is 41.2. The monoisotopic (exact) mass is 900 g/mol. The van der Waals surface area contributed by atoms with Crippen molar-refractivity contribution in [3.63, 3.8) is 0 Å². The first kappa shape index (κ1) is 41.3. The molecular weight excluding hydrogens is 847 g/mol. The molecule has 0 N–H and O–H groups in total. The van der Waals surface area contributed by atoms with E-state index < -0.39 is 20.4 Å². The van der Waals surface area contributed by atoms with Crippen molar-refractivity contribution < 1.29 is 23.8 Å². The summed E-state index contributed by atoms with van der Waals surface area (Å²) >= 11 is -5.44. The molecule has 6 aromatic rings. The Hall–Kier alpha value is -3.40. The molecule has 2 atom stereocenters. The second kappa shape index (κ2) is 14.9. The molecule has 0 bridgehead atoms. The minimum absolute atomic E-state index is 0.226. The van der Waals surface area contributed by atoms with Gasteiger partial charge in [0.05, 0.1) is 0 Å². The molecule has 298 valence electrons. The normalized spacial score (nSPS) is 16.4. The fourth-order valence-corrected chi connectivity index (χ4v) is 37.9. The number of benzene rings is 4. The number of allylic oxidation sites excluding steroid dienone is 2. The van der Waals surface area contributed by atoms with Crippen molar-refractivity contribution >= 4 is 45.8 Å². The van der Waals surface area contributed by atoms with Gasteiger partial charge in [0.1, 0.15) is 0 Å². The van der Waals surface area contributed by atoms with Crippen molar-refractivity contribution in [3.8, 4) is 22.3 Å². The SMILES string of the molecule is CCc1ccc2c(c1-c1cc(C)cc(C)c1)C=C(c1cc(C)c(C)o1)[CH]2[Zr]([Cl])([Cl])([CH]1C(c2cc(C)c(C)o2)=Cc2c1ccc(CC)c2-c1cc(C)cc(C)c1)=[Si](C)C. The zero-order chi connectivity index (χ0) is 41.6. The van der Waals surface area contributed by atoms with E-state index >= 15 is 0 Å². The van der Waals surface area contributed by atoms with Gasteiger partial charge in [0, 0.05) is 0 Å². The quantitative estimate of drug-likeness (QED) is 0.142. The average Bonchev–Trinajstić information content (AvgIpc) is 3.92. The van der Waals surface area contributed by atoms with Gasteiger partial charge in [0.25, 0.3) is 0 Å².